The fourth-order valence-electron chi connectivity index (χ4n) is 2.00. The Hall–Kier alpha value is -0.450. The molecular weight excluding hydrogens is 206 g/mol. The largest absolute Gasteiger partial charge is 0.316 e. The Bertz CT molecular complexity index is 311. The molecule has 1 fully saturated rings. The van der Waals surface area contributed by atoms with Gasteiger partial charge in [-0.2, -0.15) is 0 Å². The van der Waals surface area contributed by atoms with Crippen molar-refractivity contribution >= 4 is 11.3 Å². The Balaban J connectivity index is 1.73. The second-order valence-electron chi connectivity index (χ2n) is 4.39. The first-order valence-electron chi connectivity index (χ1n) is 5.57. The minimum absolute atomic E-state index is 0.790. The molecule has 2 heterocycles. The zero-order chi connectivity index (χ0) is 10.7. The Kier molecular flexibility index (Phi) is 3.72. The number of thiazole rings is 1. The van der Waals surface area contributed by atoms with Crippen LogP contribution in [-0.4, -0.2) is 24.6 Å². The molecule has 0 bridgehead atoms. The standard InChI is InChI=1S/C11H19N3S/c1-8-3-12-4-10(8)5-13-6-11-9(2)14-7-15-11/h7-8,10,12-13H,3-6H2,1-2H3. The van der Waals surface area contributed by atoms with Gasteiger partial charge in [-0.05, 0) is 38.4 Å². The quantitative estimate of drug-likeness (QED) is 0.813. The summed E-state index contributed by atoms with van der Waals surface area (Å²) in [6.07, 6.45) is 0. The first kappa shape index (κ1) is 11.0. The molecule has 0 amide bonds. The molecule has 0 aliphatic carbocycles. The van der Waals surface area contributed by atoms with Crippen molar-refractivity contribution in [3.05, 3.63) is 16.1 Å². The third kappa shape index (κ3) is 2.77. The third-order valence-corrected chi connectivity index (χ3v) is 4.15. The average Bonchev–Trinajstić information content (AvgIpc) is 2.78. The maximum atomic E-state index is 4.25. The molecule has 2 rings (SSSR count). The van der Waals surface area contributed by atoms with Crippen molar-refractivity contribution in [2.45, 2.75) is 20.4 Å². The maximum absolute atomic E-state index is 4.25. The Morgan fingerprint density at radius 2 is 2.47 bits per heavy atom. The minimum atomic E-state index is 0.790. The Morgan fingerprint density at radius 1 is 1.60 bits per heavy atom. The highest BCUT2D eigenvalue weighted by atomic mass is 32.1. The number of hydrogen-bond donors (Lipinski definition) is 2. The van der Waals surface area contributed by atoms with Crippen LogP contribution >= 0.6 is 11.3 Å². The predicted molar refractivity (Wildman–Crippen MR) is 64.1 cm³/mol. The van der Waals surface area contributed by atoms with Gasteiger partial charge in [0.25, 0.3) is 0 Å². The van der Waals surface area contributed by atoms with Gasteiger partial charge < -0.3 is 10.6 Å². The smallest absolute Gasteiger partial charge is 0.0798 e. The second kappa shape index (κ2) is 5.05. The van der Waals surface area contributed by atoms with Crippen LogP contribution in [-0.2, 0) is 6.54 Å². The highest BCUT2D eigenvalue weighted by Crippen LogP contribution is 2.15. The van der Waals surface area contributed by atoms with Gasteiger partial charge in [-0.3, -0.25) is 0 Å². The summed E-state index contributed by atoms with van der Waals surface area (Å²) in [5.41, 5.74) is 3.09. The van der Waals surface area contributed by atoms with Crippen LogP contribution in [0.2, 0.25) is 0 Å². The van der Waals surface area contributed by atoms with E-state index in [0.29, 0.717) is 0 Å². The van der Waals surface area contributed by atoms with E-state index in [0.717, 1.165) is 31.5 Å². The highest BCUT2D eigenvalue weighted by molar-refractivity contribution is 7.09. The SMILES string of the molecule is Cc1ncsc1CNCC1CNCC1C. The summed E-state index contributed by atoms with van der Waals surface area (Å²) in [6.45, 7) is 8.82. The van der Waals surface area contributed by atoms with E-state index in [4.69, 9.17) is 0 Å². The van der Waals surface area contributed by atoms with Crippen molar-refractivity contribution in [1.82, 2.24) is 15.6 Å². The van der Waals surface area contributed by atoms with Crippen LogP contribution in [0.5, 0.6) is 0 Å². The van der Waals surface area contributed by atoms with Gasteiger partial charge in [-0.15, -0.1) is 11.3 Å². The molecule has 2 atom stereocenters. The number of aromatic nitrogens is 1. The lowest BCUT2D eigenvalue weighted by atomic mass is 9.98. The summed E-state index contributed by atoms with van der Waals surface area (Å²) in [6, 6.07) is 0. The monoisotopic (exact) mass is 225 g/mol. The predicted octanol–water partition coefficient (Wildman–Crippen LogP) is 1.40. The zero-order valence-electron chi connectivity index (χ0n) is 9.42. The number of nitrogens with zero attached hydrogens (tertiary/aromatic N) is 1. The minimum Gasteiger partial charge on any atom is -0.316 e. The number of hydrogen-bond acceptors (Lipinski definition) is 4. The van der Waals surface area contributed by atoms with Crippen LogP contribution in [0.25, 0.3) is 0 Å². The summed E-state index contributed by atoms with van der Waals surface area (Å²) in [5.74, 6) is 1.60. The molecular formula is C11H19N3S. The van der Waals surface area contributed by atoms with Crippen molar-refractivity contribution < 1.29 is 0 Å². The van der Waals surface area contributed by atoms with Gasteiger partial charge in [0.15, 0.2) is 0 Å². The Labute approximate surface area is 95.3 Å². The molecule has 2 N–H and O–H groups in total. The fraction of sp³-hybridized carbons (Fsp3) is 0.727. The van der Waals surface area contributed by atoms with E-state index < -0.39 is 0 Å². The molecule has 15 heavy (non-hydrogen) atoms. The highest BCUT2D eigenvalue weighted by Gasteiger charge is 2.22. The molecule has 1 aromatic rings. The van der Waals surface area contributed by atoms with Gasteiger partial charge in [-0.25, -0.2) is 4.98 Å². The summed E-state index contributed by atoms with van der Waals surface area (Å²) in [5, 5.41) is 6.96. The fourth-order valence-corrected chi connectivity index (χ4v) is 2.75. The van der Waals surface area contributed by atoms with Crippen LogP contribution in [0.1, 0.15) is 17.5 Å². The summed E-state index contributed by atoms with van der Waals surface area (Å²) in [4.78, 5) is 5.62. The van der Waals surface area contributed by atoms with E-state index in [2.05, 4.69) is 29.5 Å². The Morgan fingerprint density at radius 3 is 3.07 bits per heavy atom. The van der Waals surface area contributed by atoms with Crippen LogP contribution in [0.4, 0.5) is 0 Å². The molecule has 1 aliphatic rings. The van der Waals surface area contributed by atoms with Gasteiger partial charge in [0.05, 0.1) is 11.2 Å². The van der Waals surface area contributed by atoms with Gasteiger partial charge in [-0.1, -0.05) is 6.92 Å². The van der Waals surface area contributed by atoms with Gasteiger partial charge >= 0.3 is 0 Å². The van der Waals surface area contributed by atoms with Crippen molar-refractivity contribution in [2.75, 3.05) is 19.6 Å². The topological polar surface area (TPSA) is 37.0 Å². The van der Waals surface area contributed by atoms with Crippen molar-refractivity contribution in [1.29, 1.82) is 0 Å². The van der Waals surface area contributed by atoms with Gasteiger partial charge in [0.2, 0.25) is 0 Å². The molecule has 1 aromatic heterocycles. The molecule has 3 nitrogen and oxygen atoms in total. The molecule has 0 spiro atoms. The van der Waals surface area contributed by atoms with Crippen molar-refractivity contribution in [2.24, 2.45) is 11.8 Å². The molecule has 0 aromatic carbocycles. The van der Waals surface area contributed by atoms with E-state index in [9.17, 15) is 0 Å². The van der Waals surface area contributed by atoms with E-state index in [-0.39, 0.29) is 0 Å². The third-order valence-electron chi connectivity index (χ3n) is 3.21. The lowest BCUT2D eigenvalue weighted by Crippen LogP contribution is -2.26. The van der Waals surface area contributed by atoms with Crippen LogP contribution in [0.3, 0.4) is 0 Å². The van der Waals surface area contributed by atoms with E-state index in [1.165, 1.54) is 17.1 Å². The number of rotatable bonds is 4. The zero-order valence-corrected chi connectivity index (χ0v) is 10.2. The van der Waals surface area contributed by atoms with E-state index in [1.807, 2.05) is 5.51 Å². The summed E-state index contributed by atoms with van der Waals surface area (Å²) in [7, 11) is 0. The molecule has 0 radical (unpaired) electrons. The summed E-state index contributed by atoms with van der Waals surface area (Å²) < 4.78 is 0. The average molecular weight is 225 g/mol. The van der Waals surface area contributed by atoms with Gasteiger partial charge in [0, 0.05) is 11.4 Å². The van der Waals surface area contributed by atoms with Crippen molar-refractivity contribution in [3.8, 4) is 0 Å². The summed E-state index contributed by atoms with van der Waals surface area (Å²) >= 11 is 1.74. The molecule has 2 unspecified atom stereocenters. The lowest BCUT2D eigenvalue weighted by molar-refractivity contribution is 0.420. The lowest BCUT2D eigenvalue weighted by Gasteiger charge is -2.14. The second-order valence-corrected chi connectivity index (χ2v) is 5.33. The number of nitrogens with one attached hydrogen (secondary N) is 2. The normalized spacial score (nSPS) is 26.0. The van der Waals surface area contributed by atoms with Crippen molar-refractivity contribution in [3.63, 3.8) is 0 Å². The maximum Gasteiger partial charge on any atom is 0.0798 e. The molecule has 0 saturated carbocycles. The van der Waals surface area contributed by atoms with Crippen LogP contribution in [0.15, 0.2) is 5.51 Å². The van der Waals surface area contributed by atoms with Crippen LogP contribution in [0, 0.1) is 18.8 Å². The van der Waals surface area contributed by atoms with Crippen LogP contribution < -0.4 is 10.6 Å². The van der Waals surface area contributed by atoms with Gasteiger partial charge in [0.1, 0.15) is 0 Å². The molecule has 84 valence electrons. The molecule has 1 saturated heterocycles. The van der Waals surface area contributed by atoms with E-state index >= 15 is 0 Å². The number of aryl methyl sites for hydroxylation is 1. The molecule has 1 aliphatic heterocycles. The first-order valence-corrected chi connectivity index (χ1v) is 6.45. The first-order chi connectivity index (χ1) is 7.27. The van der Waals surface area contributed by atoms with E-state index in [1.54, 1.807) is 11.3 Å². The molecule has 4 heteroatoms.